The first-order valence-corrected chi connectivity index (χ1v) is 8.09. The number of sulfonamides is 1. The van der Waals surface area contributed by atoms with Gasteiger partial charge in [-0.3, -0.25) is 10.1 Å². The zero-order valence-corrected chi connectivity index (χ0v) is 12.1. The van der Waals surface area contributed by atoms with Crippen LogP contribution in [0.15, 0.2) is 23.1 Å². The molecular formula is C12H17N3O5S. The molecule has 9 heteroatoms. The van der Waals surface area contributed by atoms with Gasteiger partial charge in [-0.1, -0.05) is 0 Å². The first-order valence-electron chi connectivity index (χ1n) is 6.54. The van der Waals surface area contributed by atoms with Gasteiger partial charge in [-0.05, 0) is 31.4 Å². The van der Waals surface area contributed by atoms with E-state index >= 15 is 0 Å². The van der Waals surface area contributed by atoms with Gasteiger partial charge in [0.15, 0.2) is 4.90 Å². The molecule has 0 bridgehead atoms. The van der Waals surface area contributed by atoms with E-state index in [4.69, 9.17) is 9.88 Å². The molecule has 116 valence electrons. The summed E-state index contributed by atoms with van der Waals surface area (Å²) in [6.45, 7) is 1.24. The number of nitrogens with zero attached hydrogens (tertiary/aromatic N) is 1. The second-order valence-electron chi connectivity index (χ2n) is 4.85. The van der Waals surface area contributed by atoms with E-state index < -0.39 is 25.5 Å². The molecule has 1 aliphatic rings. The van der Waals surface area contributed by atoms with Gasteiger partial charge < -0.3 is 10.1 Å². The molecule has 1 atom stereocenters. The molecule has 1 saturated heterocycles. The molecule has 2 rings (SSSR count). The molecule has 21 heavy (non-hydrogen) atoms. The van der Waals surface area contributed by atoms with Crippen molar-refractivity contribution in [2.24, 2.45) is 5.14 Å². The molecule has 0 aromatic heterocycles. The van der Waals surface area contributed by atoms with Crippen LogP contribution in [0.3, 0.4) is 0 Å². The minimum absolute atomic E-state index is 0.0655. The fraction of sp³-hybridized carbons (Fsp3) is 0.500. The number of nitrogens with one attached hydrogen (secondary N) is 1. The summed E-state index contributed by atoms with van der Waals surface area (Å²) < 4.78 is 28.2. The third-order valence-corrected chi connectivity index (χ3v) is 4.23. The van der Waals surface area contributed by atoms with E-state index in [-0.39, 0.29) is 6.10 Å². The van der Waals surface area contributed by atoms with E-state index in [2.05, 4.69) is 5.32 Å². The van der Waals surface area contributed by atoms with Crippen LogP contribution in [-0.4, -0.2) is 32.6 Å². The van der Waals surface area contributed by atoms with Gasteiger partial charge in [-0.2, -0.15) is 0 Å². The quantitative estimate of drug-likeness (QED) is 0.622. The zero-order valence-electron chi connectivity index (χ0n) is 11.3. The summed E-state index contributed by atoms with van der Waals surface area (Å²) in [5.74, 6) is 0. The van der Waals surface area contributed by atoms with Crippen LogP contribution < -0.4 is 10.5 Å². The molecule has 1 aromatic rings. The van der Waals surface area contributed by atoms with Crippen LogP contribution in [0.25, 0.3) is 0 Å². The van der Waals surface area contributed by atoms with E-state index in [1.165, 1.54) is 12.1 Å². The maximum atomic E-state index is 11.3. The van der Waals surface area contributed by atoms with Crippen LogP contribution in [0, 0.1) is 10.1 Å². The van der Waals surface area contributed by atoms with Crippen LogP contribution in [0.4, 0.5) is 11.4 Å². The average molecular weight is 315 g/mol. The first-order chi connectivity index (χ1) is 9.88. The summed E-state index contributed by atoms with van der Waals surface area (Å²) in [5, 5.41) is 18.9. The van der Waals surface area contributed by atoms with Crippen LogP contribution in [-0.2, 0) is 14.8 Å². The molecule has 1 aromatic carbocycles. The molecule has 1 fully saturated rings. The lowest BCUT2D eigenvalue weighted by molar-refractivity contribution is -0.387. The third-order valence-electron chi connectivity index (χ3n) is 3.27. The van der Waals surface area contributed by atoms with Crippen molar-refractivity contribution >= 4 is 21.4 Å². The van der Waals surface area contributed by atoms with E-state index in [9.17, 15) is 18.5 Å². The van der Waals surface area contributed by atoms with Crippen molar-refractivity contribution in [3.05, 3.63) is 28.3 Å². The van der Waals surface area contributed by atoms with Crippen molar-refractivity contribution in [3.8, 4) is 0 Å². The summed E-state index contributed by atoms with van der Waals surface area (Å²) in [4.78, 5) is 9.70. The third kappa shape index (κ3) is 4.13. The second-order valence-corrected chi connectivity index (χ2v) is 6.38. The number of benzene rings is 1. The van der Waals surface area contributed by atoms with Crippen molar-refractivity contribution in [1.29, 1.82) is 0 Å². The lowest BCUT2D eigenvalue weighted by atomic mass is 10.1. The normalized spacial score (nSPS) is 19.2. The standard InChI is InChI=1S/C12H17N3O5S/c13-21(18,19)12-5-4-9(7-11(12)15(16)17)14-8-10-3-1-2-6-20-10/h4-5,7,10,14H,1-3,6,8H2,(H2,13,18,19)/t10-/m1/s1. The monoisotopic (exact) mass is 315 g/mol. The molecular weight excluding hydrogens is 298 g/mol. The Labute approximate surface area is 122 Å². The number of hydrogen-bond acceptors (Lipinski definition) is 6. The molecule has 0 spiro atoms. The predicted molar refractivity (Wildman–Crippen MR) is 76.6 cm³/mol. The Balaban J connectivity index is 2.14. The summed E-state index contributed by atoms with van der Waals surface area (Å²) in [6, 6.07) is 3.76. The highest BCUT2D eigenvalue weighted by Crippen LogP contribution is 2.26. The number of nitro benzene ring substituents is 1. The molecule has 1 aliphatic heterocycles. The Morgan fingerprint density at radius 3 is 2.76 bits per heavy atom. The summed E-state index contributed by atoms with van der Waals surface area (Å²) in [5.41, 5.74) is -0.0738. The summed E-state index contributed by atoms with van der Waals surface area (Å²) >= 11 is 0. The van der Waals surface area contributed by atoms with Gasteiger partial charge in [0.25, 0.3) is 5.69 Å². The Kier molecular flexibility index (Phi) is 4.76. The minimum atomic E-state index is -4.12. The van der Waals surface area contributed by atoms with Gasteiger partial charge in [0.2, 0.25) is 10.0 Å². The topological polar surface area (TPSA) is 125 Å². The maximum absolute atomic E-state index is 11.3. The maximum Gasteiger partial charge on any atom is 0.291 e. The highest BCUT2D eigenvalue weighted by Gasteiger charge is 2.23. The molecule has 0 radical (unpaired) electrons. The average Bonchev–Trinajstić information content (AvgIpc) is 2.45. The van der Waals surface area contributed by atoms with Gasteiger partial charge in [0.1, 0.15) is 0 Å². The first kappa shape index (κ1) is 15.7. The highest BCUT2D eigenvalue weighted by molar-refractivity contribution is 7.89. The Hall–Kier alpha value is -1.71. The predicted octanol–water partition coefficient (Wildman–Crippen LogP) is 1.22. The number of nitrogens with two attached hydrogens (primary N) is 1. The van der Waals surface area contributed by atoms with Crippen molar-refractivity contribution in [2.75, 3.05) is 18.5 Å². The highest BCUT2D eigenvalue weighted by atomic mass is 32.2. The van der Waals surface area contributed by atoms with Crippen LogP contribution >= 0.6 is 0 Å². The van der Waals surface area contributed by atoms with Gasteiger partial charge in [0, 0.05) is 24.9 Å². The Morgan fingerprint density at radius 2 is 2.19 bits per heavy atom. The molecule has 1 heterocycles. The fourth-order valence-electron chi connectivity index (χ4n) is 2.21. The molecule has 0 amide bonds. The minimum Gasteiger partial charge on any atom is -0.382 e. The van der Waals surface area contributed by atoms with Crippen LogP contribution in [0.1, 0.15) is 19.3 Å². The van der Waals surface area contributed by atoms with Gasteiger partial charge >= 0.3 is 0 Å². The number of hydrogen-bond donors (Lipinski definition) is 2. The molecule has 3 N–H and O–H groups in total. The smallest absolute Gasteiger partial charge is 0.291 e. The Bertz CT molecular complexity index is 626. The SMILES string of the molecule is NS(=O)(=O)c1ccc(NC[C@H]2CCCCO2)cc1[N+](=O)[O-]. The van der Waals surface area contributed by atoms with E-state index in [0.717, 1.165) is 31.9 Å². The lowest BCUT2D eigenvalue weighted by Gasteiger charge is -2.23. The summed E-state index contributed by atoms with van der Waals surface area (Å²) in [6.07, 6.45) is 3.14. The zero-order chi connectivity index (χ0) is 15.5. The molecule has 0 unspecified atom stereocenters. The van der Waals surface area contributed by atoms with Gasteiger partial charge in [-0.25, -0.2) is 13.6 Å². The van der Waals surface area contributed by atoms with Gasteiger partial charge in [0.05, 0.1) is 11.0 Å². The lowest BCUT2D eigenvalue weighted by Crippen LogP contribution is -2.27. The summed E-state index contributed by atoms with van der Waals surface area (Å²) in [7, 11) is -4.12. The number of primary sulfonamides is 1. The Morgan fingerprint density at radius 1 is 1.43 bits per heavy atom. The molecule has 8 nitrogen and oxygen atoms in total. The van der Waals surface area contributed by atoms with E-state index in [1.54, 1.807) is 0 Å². The molecule has 0 saturated carbocycles. The van der Waals surface area contributed by atoms with E-state index in [1.807, 2.05) is 0 Å². The largest absolute Gasteiger partial charge is 0.382 e. The second kappa shape index (κ2) is 6.37. The number of ether oxygens (including phenoxy) is 1. The number of rotatable bonds is 5. The van der Waals surface area contributed by atoms with E-state index in [0.29, 0.717) is 12.2 Å². The number of nitro groups is 1. The van der Waals surface area contributed by atoms with Crippen molar-refractivity contribution < 1.29 is 18.1 Å². The van der Waals surface area contributed by atoms with Crippen molar-refractivity contribution in [3.63, 3.8) is 0 Å². The van der Waals surface area contributed by atoms with Gasteiger partial charge in [-0.15, -0.1) is 0 Å². The van der Waals surface area contributed by atoms with Crippen LogP contribution in [0.2, 0.25) is 0 Å². The van der Waals surface area contributed by atoms with Crippen LogP contribution in [0.5, 0.6) is 0 Å². The molecule has 0 aliphatic carbocycles. The van der Waals surface area contributed by atoms with Crippen molar-refractivity contribution in [2.45, 2.75) is 30.3 Å². The van der Waals surface area contributed by atoms with Crippen molar-refractivity contribution in [1.82, 2.24) is 0 Å². The number of anilines is 1. The fourth-order valence-corrected chi connectivity index (χ4v) is 2.89.